The lowest BCUT2D eigenvalue weighted by Crippen LogP contribution is -2.36. The highest BCUT2D eigenvalue weighted by Crippen LogP contribution is 2.17. The first-order valence-corrected chi connectivity index (χ1v) is 7.57. The van der Waals surface area contributed by atoms with Crippen LogP contribution in [0.5, 0.6) is 0 Å². The van der Waals surface area contributed by atoms with Crippen molar-refractivity contribution in [3.05, 3.63) is 53.7 Å². The number of morpholine rings is 1. The molecule has 2 aromatic rings. The molecule has 3 rings (SSSR count). The van der Waals surface area contributed by atoms with Crippen molar-refractivity contribution in [3.8, 4) is 0 Å². The van der Waals surface area contributed by atoms with Crippen molar-refractivity contribution < 1.29 is 14.6 Å². The first-order chi connectivity index (χ1) is 11.2. The van der Waals surface area contributed by atoms with Crippen molar-refractivity contribution in [2.45, 2.75) is 6.54 Å². The topological polar surface area (TPSA) is 74.7 Å². The molecular formula is C17H19N3O3. The van der Waals surface area contributed by atoms with Crippen molar-refractivity contribution in [1.29, 1.82) is 0 Å². The highest BCUT2D eigenvalue weighted by molar-refractivity contribution is 5.87. The van der Waals surface area contributed by atoms with Crippen LogP contribution in [0.4, 0.5) is 11.5 Å². The number of aromatic carboxylic acids is 1. The number of carboxylic acid groups (broad SMARTS) is 1. The number of carbonyl (C=O) groups is 1. The van der Waals surface area contributed by atoms with Crippen LogP contribution in [0.1, 0.15) is 15.9 Å². The maximum Gasteiger partial charge on any atom is 0.335 e. The van der Waals surface area contributed by atoms with Crippen molar-refractivity contribution in [3.63, 3.8) is 0 Å². The van der Waals surface area contributed by atoms with E-state index in [1.54, 1.807) is 18.2 Å². The SMILES string of the molecule is O=C(O)c1cccc(CNc2ccc(N3CCOCC3)cn2)c1. The molecule has 1 aliphatic heterocycles. The van der Waals surface area contributed by atoms with Gasteiger partial charge in [-0.1, -0.05) is 12.1 Å². The lowest BCUT2D eigenvalue weighted by atomic mass is 10.1. The van der Waals surface area contributed by atoms with Gasteiger partial charge in [0.05, 0.1) is 30.7 Å². The highest BCUT2D eigenvalue weighted by Gasteiger charge is 2.11. The van der Waals surface area contributed by atoms with E-state index < -0.39 is 5.97 Å². The van der Waals surface area contributed by atoms with Gasteiger partial charge in [0.1, 0.15) is 5.82 Å². The van der Waals surface area contributed by atoms with E-state index in [-0.39, 0.29) is 0 Å². The molecule has 120 valence electrons. The van der Waals surface area contributed by atoms with Crippen molar-refractivity contribution in [2.75, 3.05) is 36.5 Å². The van der Waals surface area contributed by atoms with Gasteiger partial charge in [0.15, 0.2) is 0 Å². The second-order valence-electron chi connectivity index (χ2n) is 5.36. The van der Waals surface area contributed by atoms with E-state index in [1.807, 2.05) is 24.4 Å². The molecule has 0 saturated carbocycles. The molecule has 1 aromatic carbocycles. The molecule has 1 fully saturated rings. The first-order valence-electron chi connectivity index (χ1n) is 7.57. The Morgan fingerprint density at radius 3 is 2.78 bits per heavy atom. The third-order valence-corrected chi connectivity index (χ3v) is 3.77. The van der Waals surface area contributed by atoms with Crippen molar-refractivity contribution in [1.82, 2.24) is 4.98 Å². The molecule has 0 aliphatic carbocycles. The van der Waals surface area contributed by atoms with E-state index in [1.165, 1.54) is 0 Å². The molecule has 0 spiro atoms. The van der Waals surface area contributed by atoms with Crippen LogP contribution >= 0.6 is 0 Å². The van der Waals surface area contributed by atoms with Gasteiger partial charge in [0.2, 0.25) is 0 Å². The van der Waals surface area contributed by atoms with Gasteiger partial charge in [0.25, 0.3) is 0 Å². The van der Waals surface area contributed by atoms with Crippen LogP contribution in [0.15, 0.2) is 42.6 Å². The molecule has 1 saturated heterocycles. The molecule has 2 N–H and O–H groups in total. The normalized spacial score (nSPS) is 14.5. The average Bonchev–Trinajstić information content (AvgIpc) is 2.61. The predicted molar refractivity (Wildman–Crippen MR) is 88.0 cm³/mol. The number of nitrogens with one attached hydrogen (secondary N) is 1. The summed E-state index contributed by atoms with van der Waals surface area (Å²) in [5.74, 6) is -0.150. The molecule has 0 unspecified atom stereocenters. The summed E-state index contributed by atoms with van der Waals surface area (Å²) in [6, 6.07) is 10.9. The minimum Gasteiger partial charge on any atom is -0.478 e. The summed E-state index contributed by atoms with van der Waals surface area (Å²) in [5, 5.41) is 12.2. The summed E-state index contributed by atoms with van der Waals surface area (Å²) in [5.41, 5.74) is 2.29. The Kier molecular flexibility index (Phi) is 4.73. The Morgan fingerprint density at radius 1 is 1.26 bits per heavy atom. The molecule has 1 aliphatic rings. The smallest absolute Gasteiger partial charge is 0.335 e. The predicted octanol–water partition coefficient (Wildman–Crippen LogP) is 2.23. The van der Waals surface area contributed by atoms with Gasteiger partial charge in [-0.25, -0.2) is 9.78 Å². The fourth-order valence-electron chi connectivity index (χ4n) is 2.51. The van der Waals surface area contributed by atoms with Gasteiger partial charge in [-0.15, -0.1) is 0 Å². The fourth-order valence-corrected chi connectivity index (χ4v) is 2.51. The van der Waals surface area contributed by atoms with Crippen LogP contribution in [-0.2, 0) is 11.3 Å². The maximum atomic E-state index is 11.0. The van der Waals surface area contributed by atoms with E-state index in [9.17, 15) is 4.79 Å². The van der Waals surface area contributed by atoms with Crippen molar-refractivity contribution in [2.24, 2.45) is 0 Å². The van der Waals surface area contributed by atoms with Gasteiger partial charge >= 0.3 is 5.97 Å². The van der Waals surface area contributed by atoms with Gasteiger partial charge < -0.3 is 20.1 Å². The summed E-state index contributed by atoms with van der Waals surface area (Å²) in [4.78, 5) is 17.6. The zero-order valence-electron chi connectivity index (χ0n) is 12.7. The molecule has 0 amide bonds. The first kappa shape index (κ1) is 15.3. The summed E-state index contributed by atoms with van der Waals surface area (Å²) < 4.78 is 5.34. The summed E-state index contributed by atoms with van der Waals surface area (Å²) >= 11 is 0. The second-order valence-corrected chi connectivity index (χ2v) is 5.36. The quantitative estimate of drug-likeness (QED) is 0.882. The van der Waals surface area contributed by atoms with Crippen LogP contribution in [0.2, 0.25) is 0 Å². The monoisotopic (exact) mass is 313 g/mol. The van der Waals surface area contributed by atoms with Gasteiger partial charge in [-0.2, -0.15) is 0 Å². The molecule has 0 atom stereocenters. The zero-order valence-corrected chi connectivity index (χ0v) is 12.7. The molecule has 23 heavy (non-hydrogen) atoms. The number of anilines is 2. The number of hydrogen-bond acceptors (Lipinski definition) is 5. The number of benzene rings is 1. The minimum absolute atomic E-state index is 0.292. The minimum atomic E-state index is -0.917. The summed E-state index contributed by atoms with van der Waals surface area (Å²) in [7, 11) is 0. The lowest BCUT2D eigenvalue weighted by Gasteiger charge is -2.28. The van der Waals surface area contributed by atoms with E-state index in [2.05, 4.69) is 15.2 Å². The molecule has 6 heteroatoms. The van der Waals surface area contributed by atoms with Crippen LogP contribution in [0, 0.1) is 0 Å². The van der Waals surface area contributed by atoms with Crippen LogP contribution < -0.4 is 10.2 Å². The average molecular weight is 313 g/mol. The second kappa shape index (κ2) is 7.11. The summed E-state index contributed by atoms with van der Waals surface area (Å²) in [6.45, 7) is 3.80. The molecule has 1 aromatic heterocycles. The van der Waals surface area contributed by atoms with Gasteiger partial charge in [-0.3, -0.25) is 0 Å². The number of carboxylic acids is 1. The third-order valence-electron chi connectivity index (χ3n) is 3.77. The third kappa shape index (κ3) is 3.98. The Labute approximate surface area is 134 Å². The van der Waals surface area contributed by atoms with E-state index in [4.69, 9.17) is 9.84 Å². The van der Waals surface area contributed by atoms with E-state index in [0.29, 0.717) is 12.1 Å². The Morgan fingerprint density at radius 2 is 2.09 bits per heavy atom. The lowest BCUT2D eigenvalue weighted by molar-refractivity contribution is 0.0696. The number of aromatic nitrogens is 1. The van der Waals surface area contributed by atoms with E-state index in [0.717, 1.165) is 43.4 Å². The number of rotatable bonds is 5. The largest absolute Gasteiger partial charge is 0.478 e. The Hall–Kier alpha value is -2.60. The van der Waals surface area contributed by atoms with Crippen LogP contribution in [0.3, 0.4) is 0 Å². The van der Waals surface area contributed by atoms with E-state index >= 15 is 0 Å². The Bertz CT molecular complexity index is 667. The number of nitrogens with zero attached hydrogens (tertiary/aromatic N) is 2. The van der Waals surface area contributed by atoms with Crippen LogP contribution in [0.25, 0.3) is 0 Å². The van der Waals surface area contributed by atoms with Crippen LogP contribution in [-0.4, -0.2) is 42.4 Å². The van der Waals surface area contributed by atoms with Gasteiger partial charge in [0, 0.05) is 19.6 Å². The maximum absolute atomic E-state index is 11.0. The molecule has 0 radical (unpaired) electrons. The number of ether oxygens (including phenoxy) is 1. The molecular weight excluding hydrogens is 294 g/mol. The molecule has 0 bridgehead atoms. The number of pyridine rings is 1. The summed E-state index contributed by atoms with van der Waals surface area (Å²) in [6.07, 6.45) is 1.85. The molecule has 2 heterocycles. The molecule has 6 nitrogen and oxygen atoms in total. The fraction of sp³-hybridized carbons (Fsp3) is 0.294. The zero-order chi connectivity index (χ0) is 16.1. The number of hydrogen-bond donors (Lipinski definition) is 2. The Balaban J connectivity index is 1.60. The standard InChI is InChI=1S/C17H19N3O3/c21-17(22)14-3-1-2-13(10-14)11-18-16-5-4-15(12-19-16)20-6-8-23-9-7-20/h1-5,10,12H,6-9,11H2,(H,18,19)(H,21,22). The van der Waals surface area contributed by atoms with Gasteiger partial charge in [-0.05, 0) is 29.8 Å². The van der Waals surface area contributed by atoms with Crippen molar-refractivity contribution >= 4 is 17.5 Å². The highest BCUT2D eigenvalue weighted by atomic mass is 16.5.